The van der Waals surface area contributed by atoms with Gasteiger partial charge in [-0.3, -0.25) is 0 Å². The molecule has 0 radical (unpaired) electrons. The maximum absolute atomic E-state index is 12.5. The summed E-state index contributed by atoms with van der Waals surface area (Å²) in [4.78, 5) is 5.88. The van der Waals surface area contributed by atoms with Crippen LogP contribution in [0.15, 0.2) is 12.1 Å². The van der Waals surface area contributed by atoms with Gasteiger partial charge in [-0.1, -0.05) is 24.4 Å². The average Bonchev–Trinajstić information content (AvgIpc) is 2.55. The maximum atomic E-state index is 12.5. The third-order valence-electron chi connectivity index (χ3n) is 3.07. The molecule has 0 N–H and O–H groups in total. The maximum Gasteiger partial charge on any atom is 0.419 e. The van der Waals surface area contributed by atoms with Gasteiger partial charge in [0.05, 0.1) is 5.56 Å². The van der Waals surface area contributed by atoms with Crippen molar-refractivity contribution in [1.82, 2.24) is 4.98 Å². The van der Waals surface area contributed by atoms with Gasteiger partial charge in [-0.2, -0.15) is 13.2 Å². The summed E-state index contributed by atoms with van der Waals surface area (Å²) in [5.41, 5.74) is -0.872. The summed E-state index contributed by atoms with van der Waals surface area (Å²) in [7, 11) is 0. The van der Waals surface area contributed by atoms with Gasteiger partial charge < -0.3 is 4.90 Å². The van der Waals surface area contributed by atoms with Crippen molar-refractivity contribution in [1.29, 1.82) is 0 Å². The van der Waals surface area contributed by atoms with Gasteiger partial charge in [0, 0.05) is 13.1 Å². The van der Waals surface area contributed by atoms with Crippen LogP contribution in [0.1, 0.15) is 31.2 Å². The minimum Gasteiger partial charge on any atom is -0.357 e. The lowest BCUT2D eigenvalue weighted by atomic mass is 10.2. The van der Waals surface area contributed by atoms with Crippen molar-refractivity contribution in [2.24, 2.45) is 0 Å². The zero-order valence-electron chi connectivity index (χ0n) is 9.80. The first-order valence-corrected chi connectivity index (χ1v) is 6.35. The van der Waals surface area contributed by atoms with Gasteiger partial charge in [-0.05, 0) is 25.0 Å². The lowest BCUT2D eigenvalue weighted by Crippen LogP contribution is -2.25. The van der Waals surface area contributed by atoms with Crippen molar-refractivity contribution in [2.75, 3.05) is 18.0 Å². The van der Waals surface area contributed by atoms with Gasteiger partial charge >= 0.3 is 6.18 Å². The van der Waals surface area contributed by atoms with Crippen LogP contribution in [0.4, 0.5) is 19.0 Å². The summed E-state index contributed by atoms with van der Waals surface area (Å²) in [5.74, 6) is 0.537. The Morgan fingerprint density at radius 3 is 2.17 bits per heavy atom. The number of halogens is 4. The van der Waals surface area contributed by atoms with Crippen molar-refractivity contribution in [3.63, 3.8) is 0 Å². The molecular formula is C12H14ClF3N2. The van der Waals surface area contributed by atoms with E-state index in [4.69, 9.17) is 11.6 Å². The molecule has 2 nitrogen and oxygen atoms in total. The number of rotatable bonds is 1. The van der Waals surface area contributed by atoms with E-state index in [2.05, 4.69) is 4.98 Å². The summed E-state index contributed by atoms with van der Waals surface area (Å²) in [6.45, 7) is 1.66. The number of anilines is 1. The monoisotopic (exact) mass is 278 g/mol. The summed E-state index contributed by atoms with van der Waals surface area (Å²) in [6, 6.07) is 2.41. The molecule has 100 valence electrons. The number of aromatic nitrogens is 1. The molecule has 2 heterocycles. The van der Waals surface area contributed by atoms with Crippen LogP contribution in [-0.2, 0) is 6.18 Å². The van der Waals surface area contributed by atoms with Crippen molar-refractivity contribution in [3.8, 4) is 0 Å². The Bertz CT molecular complexity index is 412. The van der Waals surface area contributed by atoms with Gasteiger partial charge in [-0.25, -0.2) is 4.98 Å². The molecule has 1 aliphatic rings. The fourth-order valence-corrected chi connectivity index (χ4v) is 2.37. The summed E-state index contributed by atoms with van der Waals surface area (Å²) < 4.78 is 37.6. The predicted octanol–water partition coefficient (Wildman–Crippen LogP) is 4.13. The largest absolute Gasteiger partial charge is 0.419 e. The Labute approximate surface area is 109 Å². The highest BCUT2D eigenvalue weighted by molar-refractivity contribution is 6.30. The van der Waals surface area contributed by atoms with Gasteiger partial charge in [0.2, 0.25) is 0 Å². The summed E-state index contributed by atoms with van der Waals surface area (Å²) in [6.07, 6.45) is -0.0439. The van der Waals surface area contributed by atoms with Crippen LogP contribution in [0.2, 0.25) is 5.15 Å². The third-order valence-corrected chi connectivity index (χ3v) is 3.36. The van der Waals surface area contributed by atoms with Crippen LogP contribution >= 0.6 is 11.6 Å². The van der Waals surface area contributed by atoms with Crippen molar-refractivity contribution in [2.45, 2.75) is 31.9 Å². The third kappa shape index (κ3) is 3.07. The molecule has 18 heavy (non-hydrogen) atoms. The highest BCUT2D eigenvalue weighted by atomic mass is 35.5. The highest BCUT2D eigenvalue weighted by Crippen LogP contribution is 2.34. The van der Waals surface area contributed by atoms with Crippen molar-refractivity contribution >= 4 is 17.4 Å². The van der Waals surface area contributed by atoms with E-state index in [-0.39, 0.29) is 0 Å². The van der Waals surface area contributed by atoms with E-state index in [1.807, 2.05) is 4.90 Å². The fraction of sp³-hybridized carbons (Fsp3) is 0.583. The number of pyridine rings is 1. The minimum atomic E-state index is -4.44. The van der Waals surface area contributed by atoms with E-state index in [1.54, 1.807) is 0 Å². The van der Waals surface area contributed by atoms with Gasteiger partial charge in [0.1, 0.15) is 11.0 Å². The summed E-state index contributed by atoms with van der Waals surface area (Å²) >= 11 is 5.62. The fourth-order valence-electron chi connectivity index (χ4n) is 2.11. The highest BCUT2D eigenvalue weighted by Gasteiger charge is 2.34. The van der Waals surface area contributed by atoms with Crippen LogP contribution in [0.3, 0.4) is 0 Å². The number of hydrogen-bond donors (Lipinski definition) is 0. The molecule has 1 saturated heterocycles. The van der Waals surface area contributed by atoms with E-state index < -0.39 is 16.9 Å². The Kier molecular flexibility index (Phi) is 4.00. The molecule has 1 aromatic rings. The molecule has 1 aliphatic heterocycles. The second-order valence-corrected chi connectivity index (χ2v) is 4.76. The predicted molar refractivity (Wildman–Crippen MR) is 64.9 cm³/mol. The molecule has 0 atom stereocenters. The molecular weight excluding hydrogens is 265 g/mol. The SMILES string of the molecule is FC(F)(F)c1ccc(N2CCCCCC2)nc1Cl. The van der Waals surface area contributed by atoms with Crippen molar-refractivity contribution in [3.05, 3.63) is 22.8 Å². The zero-order valence-corrected chi connectivity index (χ0v) is 10.6. The second-order valence-electron chi connectivity index (χ2n) is 4.41. The van der Waals surface area contributed by atoms with Crippen LogP contribution in [0, 0.1) is 0 Å². The van der Waals surface area contributed by atoms with Gasteiger partial charge in [0.25, 0.3) is 0 Å². The topological polar surface area (TPSA) is 16.1 Å². The quantitative estimate of drug-likeness (QED) is 0.718. The number of alkyl halides is 3. The number of nitrogens with zero attached hydrogens (tertiary/aromatic N) is 2. The van der Waals surface area contributed by atoms with Gasteiger partial charge in [-0.15, -0.1) is 0 Å². The first kappa shape index (κ1) is 13.5. The Balaban J connectivity index is 2.22. The smallest absolute Gasteiger partial charge is 0.357 e. The number of hydrogen-bond acceptors (Lipinski definition) is 2. The Hall–Kier alpha value is -0.970. The minimum absolute atomic E-state index is 0.468. The summed E-state index contributed by atoms with van der Waals surface area (Å²) in [5, 5.41) is -0.468. The normalized spacial score (nSPS) is 17.7. The zero-order chi connectivity index (χ0) is 13.2. The van der Waals surface area contributed by atoms with Crippen molar-refractivity contribution < 1.29 is 13.2 Å². The van der Waals surface area contributed by atoms with E-state index in [1.165, 1.54) is 6.07 Å². The molecule has 2 rings (SSSR count). The van der Waals surface area contributed by atoms with Crippen LogP contribution < -0.4 is 4.90 Å². The van der Waals surface area contributed by atoms with E-state index in [9.17, 15) is 13.2 Å². The molecule has 1 fully saturated rings. The standard InChI is InChI=1S/C12H14ClF3N2/c13-11-9(12(14,15)16)5-6-10(17-11)18-7-3-1-2-4-8-18/h5-6H,1-4,7-8H2. The Morgan fingerprint density at radius 2 is 1.67 bits per heavy atom. The Morgan fingerprint density at radius 1 is 1.06 bits per heavy atom. The van der Waals surface area contributed by atoms with Crippen LogP contribution in [0.5, 0.6) is 0 Å². The lowest BCUT2D eigenvalue weighted by Gasteiger charge is -2.22. The van der Waals surface area contributed by atoms with E-state index >= 15 is 0 Å². The average molecular weight is 279 g/mol. The first-order chi connectivity index (χ1) is 8.48. The van der Waals surface area contributed by atoms with Gasteiger partial charge in [0.15, 0.2) is 0 Å². The molecule has 0 aromatic carbocycles. The van der Waals surface area contributed by atoms with Crippen LogP contribution in [0.25, 0.3) is 0 Å². The van der Waals surface area contributed by atoms with E-state index in [0.29, 0.717) is 5.82 Å². The van der Waals surface area contributed by atoms with E-state index in [0.717, 1.165) is 44.8 Å². The van der Waals surface area contributed by atoms with Crippen LogP contribution in [-0.4, -0.2) is 18.1 Å². The molecule has 1 aromatic heterocycles. The lowest BCUT2D eigenvalue weighted by molar-refractivity contribution is -0.137. The molecule has 0 bridgehead atoms. The second kappa shape index (κ2) is 5.34. The molecule has 0 spiro atoms. The first-order valence-electron chi connectivity index (χ1n) is 5.97. The molecule has 6 heteroatoms. The molecule has 0 saturated carbocycles. The molecule has 0 amide bonds. The molecule has 0 unspecified atom stereocenters. The molecule has 0 aliphatic carbocycles.